The number of para-hydroxylation sites is 1. The number of allylic oxidation sites excluding steroid dienone is 4. The van der Waals surface area contributed by atoms with Gasteiger partial charge in [-0.25, -0.2) is 0 Å². The summed E-state index contributed by atoms with van der Waals surface area (Å²) in [6.45, 7) is 3.63. The SMILES string of the molecule is C=C/C(Cl)=C\C=C(/N)NC(=O)c1ccccc1NC(=O)c1ccc(C2(CO)CC2)cc1. The van der Waals surface area contributed by atoms with Crippen molar-refractivity contribution in [3.05, 3.63) is 101 Å². The molecule has 7 heteroatoms. The highest BCUT2D eigenvalue weighted by molar-refractivity contribution is 6.31. The van der Waals surface area contributed by atoms with Gasteiger partial charge in [-0.15, -0.1) is 0 Å². The Bertz CT molecular complexity index is 1050. The smallest absolute Gasteiger partial charge is 0.258 e. The van der Waals surface area contributed by atoms with Crippen LogP contribution in [0.4, 0.5) is 5.69 Å². The van der Waals surface area contributed by atoms with Crippen LogP contribution in [0, 0.1) is 0 Å². The predicted molar refractivity (Wildman–Crippen MR) is 123 cm³/mol. The Morgan fingerprint density at radius 2 is 1.77 bits per heavy atom. The minimum Gasteiger partial charge on any atom is -0.395 e. The molecule has 1 aliphatic carbocycles. The predicted octanol–water partition coefficient (Wildman–Crippen LogP) is 3.80. The maximum absolute atomic E-state index is 12.7. The molecule has 1 saturated carbocycles. The minimum absolute atomic E-state index is 0.0969. The van der Waals surface area contributed by atoms with Crippen molar-refractivity contribution in [3.8, 4) is 0 Å². The molecule has 160 valence electrons. The van der Waals surface area contributed by atoms with E-state index in [9.17, 15) is 14.7 Å². The van der Waals surface area contributed by atoms with Crippen LogP contribution in [0.5, 0.6) is 0 Å². The van der Waals surface area contributed by atoms with Crippen molar-refractivity contribution in [3.63, 3.8) is 0 Å². The molecular weight excluding hydrogens is 414 g/mol. The molecule has 6 nitrogen and oxygen atoms in total. The lowest BCUT2D eigenvalue weighted by Gasteiger charge is -2.14. The van der Waals surface area contributed by atoms with Crippen molar-refractivity contribution in [1.29, 1.82) is 0 Å². The molecular formula is C24H24ClN3O3. The highest BCUT2D eigenvalue weighted by Crippen LogP contribution is 2.47. The Kier molecular flexibility index (Phi) is 6.95. The van der Waals surface area contributed by atoms with Crippen LogP contribution >= 0.6 is 11.6 Å². The minimum atomic E-state index is -0.471. The molecule has 2 aromatic rings. The van der Waals surface area contributed by atoms with E-state index in [-0.39, 0.29) is 29.3 Å². The molecule has 0 aromatic heterocycles. The first-order chi connectivity index (χ1) is 14.9. The van der Waals surface area contributed by atoms with E-state index < -0.39 is 5.91 Å². The summed E-state index contributed by atoms with van der Waals surface area (Å²) in [5, 5.41) is 15.3. The van der Waals surface area contributed by atoms with Gasteiger partial charge in [-0.1, -0.05) is 48.5 Å². The second-order valence-electron chi connectivity index (χ2n) is 7.35. The van der Waals surface area contributed by atoms with E-state index in [1.807, 2.05) is 12.1 Å². The molecule has 0 atom stereocenters. The summed E-state index contributed by atoms with van der Waals surface area (Å²) >= 11 is 5.82. The summed E-state index contributed by atoms with van der Waals surface area (Å²) in [6, 6.07) is 13.8. The fraction of sp³-hybridized carbons (Fsp3) is 0.167. The Morgan fingerprint density at radius 3 is 2.39 bits per heavy atom. The highest BCUT2D eigenvalue weighted by atomic mass is 35.5. The molecule has 3 rings (SSSR count). The quantitative estimate of drug-likeness (QED) is 0.471. The van der Waals surface area contributed by atoms with Crippen LogP contribution in [0.15, 0.2) is 84.2 Å². The van der Waals surface area contributed by atoms with Gasteiger partial charge in [0.15, 0.2) is 0 Å². The average Bonchev–Trinajstić information content (AvgIpc) is 3.59. The lowest BCUT2D eigenvalue weighted by molar-refractivity contribution is 0.0966. The van der Waals surface area contributed by atoms with Crippen LogP contribution in [0.3, 0.4) is 0 Å². The summed E-state index contributed by atoms with van der Waals surface area (Å²) in [7, 11) is 0. The van der Waals surface area contributed by atoms with E-state index >= 15 is 0 Å². The number of nitrogens with two attached hydrogens (primary N) is 1. The Hall–Kier alpha value is -3.35. The second kappa shape index (κ2) is 9.64. The van der Waals surface area contributed by atoms with Crippen LogP contribution in [-0.4, -0.2) is 23.5 Å². The van der Waals surface area contributed by atoms with Gasteiger partial charge in [0.05, 0.1) is 17.9 Å². The van der Waals surface area contributed by atoms with Gasteiger partial charge in [-0.3, -0.25) is 9.59 Å². The molecule has 5 N–H and O–H groups in total. The van der Waals surface area contributed by atoms with E-state index in [2.05, 4.69) is 17.2 Å². The fourth-order valence-corrected chi connectivity index (χ4v) is 3.19. The van der Waals surface area contributed by atoms with Crippen LogP contribution < -0.4 is 16.4 Å². The number of benzene rings is 2. The summed E-state index contributed by atoms with van der Waals surface area (Å²) in [4.78, 5) is 25.3. The number of carbonyl (C=O) groups excluding carboxylic acids is 2. The van der Waals surface area contributed by atoms with Gasteiger partial charge in [0.25, 0.3) is 11.8 Å². The number of anilines is 1. The zero-order valence-electron chi connectivity index (χ0n) is 16.9. The monoisotopic (exact) mass is 437 g/mol. The van der Waals surface area contributed by atoms with Gasteiger partial charge in [0.2, 0.25) is 0 Å². The van der Waals surface area contributed by atoms with E-state index in [1.165, 1.54) is 18.2 Å². The van der Waals surface area contributed by atoms with Crippen LogP contribution in [0.1, 0.15) is 39.1 Å². The summed E-state index contributed by atoms with van der Waals surface area (Å²) < 4.78 is 0. The first kappa shape index (κ1) is 22.3. The summed E-state index contributed by atoms with van der Waals surface area (Å²) in [6.07, 6.45) is 6.29. The molecule has 0 bridgehead atoms. The first-order valence-electron chi connectivity index (χ1n) is 9.77. The zero-order valence-corrected chi connectivity index (χ0v) is 17.7. The molecule has 0 spiro atoms. The third kappa shape index (κ3) is 5.42. The van der Waals surface area contributed by atoms with Gasteiger partial charge in [-0.2, -0.15) is 0 Å². The number of hydrogen-bond donors (Lipinski definition) is 4. The molecule has 0 aliphatic heterocycles. The average molecular weight is 438 g/mol. The maximum Gasteiger partial charge on any atom is 0.258 e. The third-order valence-electron chi connectivity index (χ3n) is 5.21. The van der Waals surface area contributed by atoms with Crippen LogP contribution in [0.25, 0.3) is 0 Å². The molecule has 31 heavy (non-hydrogen) atoms. The molecule has 2 amide bonds. The molecule has 0 heterocycles. The number of aliphatic hydroxyl groups is 1. The number of rotatable bonds is 8. The van der Waals surface area contributed by atoms with Gasteiger partial charge in [0, 0.05) is 16.0 Å². The lowest BCUT2D eigenvalue weighted by Crippen LogP contribution is -2.28. The van der Waals surface area contributed by atoms with Crippen molar-refractivity contribution in [2.75, 3.05) is 11.9 Å². The number of nitrogens with one attached hydrogen (secondary N) is 2. The Morgan fingerprint density at radius 1 is 1.10 bits per heavy atom. The summed E-state index contributed by atoms with van der Waals surface area (Å²) in [5.74, 6) is -0.716. The Labute approximate surface area is 186 Å². The fourth-order valence-electron chi connectivity index (χ4n) is 3.13. The lowest BCUT2D eigenvalue weighted by atomic mass is 9.96. The molecule has 0 saturated heterocycles. The van der Waals surface area contributed by atoms with Crippen LogP contribution in [-0.2, 0) is 5.41 Å². The van der Waals surface area contributed by atoms with Gasteiger partial charge in [0.1, 0.15) is 5.82 Å². The highest BCUT2D eigenvalue weighted by Gasteiger charge is 2.43. The van der Waals surface area contributed by atoms with Crippen LogP contribution in [0.2, 0.25) is 0 Å². The second-order valence-corrected chi connectivity index (χ2v) is 7.78. The molecule has 2 aromatic carbocycles. The van der Waals surface area contributed by atoms with Gasteiger partial charge >= 0.3 is 0 Å². The zero-order chi connectivity index (χ0) is 22.4. The van der Waals surface area contributed by atoms with Crippen molar-refractivity contribution < 1.29 is 14.7 Å². The van der Waals surface area contributed by atoms with Crippen molar-refractivity contribution in [2.45, 2.75) is 18.3 Å². The van der Waals surface area contributed by atoms with E-state index in [1.54, 1.807) is 36.4 Å². The van der Waals surface area contributed by atoms with E-state index in [0.717, 1.165) is 18.4 Å². The largest absolute Gasteiger partial charge is 0.395 e. The Balaban J connectivity index is 1.72. The molecule has 0 radical (unpaired) electrons. The standard InChI is InChI=1S/C24H24ClN3O3/c1-2-18(25)11-12-21(26)28-23(31)19-5-3-4-6-20(19)27-22(30)16-7-9-17(10-8-16)24(15-29)13-14-24/h2-12,29H,1,13-15,26H2,(H,27,30)(H,28,31)/b18-11+,21-12+. The number of carbonyl (C=O) groups is 2. The van der Waals surface area contributed by atoms with Crippen molar-refractivity contribution >= 4 is 29.1 Å². The van der Waals surface area contributed by atoms with Gasteiger partial charge < -0.3 is 21.5 Å². The van der Waals surface area contributed by atoms with Gasteiger partial charge in [-0.05, 0) is 54.8 Å². The molecule has 1 aliphatic rings. The topological polar surface area (TPSA) is 104 Å². The normalized spacial score (nSPS) is 15.2. The van der Waals surface area contributed by atoms with Crippen molar-refractivity contribution in [1.82, 2.24) is 5.32 Å². The summed E-state index contributed by atoms with van der Waals surface area (Å²) in [5.41, 5.74) is 7.76. The van der Waals surface area contributed by atoms with E-state index in [4.69, 9.17) is 17.3 Å². The number of halogens is 1. The van der Waals surface area contributed by atoms with Crippen molar-refractivity contribution in [2.24, 2.45) is 5.73 Å². The molecule has 0 unspecified atom stereocenters. The maximum atomic E-state index is 12.7. The third-order valence-corrected chi connectivity index (χ3v) is 5.49. The molecule has 1 fully saturated rings. The van der Waals surface area contributed by atoms with E-state index in [0.29, 0.717) is 16.3 Å². The number of aliphatic hydroxyl groups excluding tert-OH is 1. The first-order valence-corrected chi connectivity index (χ1v) is 10.1. The number of hydrogen-bond acceptors (Lipinski definition) is 4. The number of amides is 2.